The van der Waals surface area contributed by atoms with Crippen LogP contribution in [0.1, 0.15) is 44.7 Å². The second-order valence-electron chi connectivity index (χ2n) is 5.75. The smallest absolute Gasteiger partial charge is 0.257 e. The minimum absolute atomic E-state index is 0. The number of halogens is 1. The van der Waals surface area contributed by atoms with Crippen LogP contribution < -0.4 is 15.4 Å². The molecule has 0 aliphatic carbocycles. The largest absolute Gasteiger partial charge is 0.483 e. The third-order valence-corrected chi connectivity index (χ3v) is 3.31. The predicted molar refractivity (Wildman–Crippen MR) is 94.2 cm³/mol. The molecule has 1 atom stereocenters. The van der Waals surface area contributed by atoms with Crippen molar-refractivity contribution < 1.29 is 9.53 Å². The summed E-state index contributed by atoms with van der Waals surface area (Å²) in [6.07, 6.45) is 0. The Morgan fingerprint density at radius 3 is 2.55 bits per heavy atom. The van der Waals surface area contributed by atoms with Gasteiger partial charge in [0.25, 0.3) is 5.91 Å². The second kappa shape index (κ2) is 10.5. The molecule has 0 radical (unpaired) electrons. The van der Waals surface area contributed by atoms with E-state index in [0.29, 0.717) is 12.5 Å². The van der Waals surface area contributed by atoms with Crippen molar-refractivity contribution in [2.75, 3.05) is 19.7 Å². The van der Waals surface area contributed by atoms with E-state index in [-0.39, 0.29) is 31.0 Å². The van der Waals surface area contributed by atoms with Crippen molar-refractivity contribution in [3.8, 4) is 5.75 Å². The molecular weight excluding hydrogens is 300 g/mol. The fourth-order valence-corrected chi connectivity index (χ4v) is 2.13. The fraction of sp³-hybridized carbons (Fsp3) is 0.588. The zero-order chi connectivity index (χ0) is 15.8. The molecular formula is C17H29ClN2O2. The molecule has 0 heterocycles. The molecule has 0 aliphatic rings. The lowest BCUT2D eigenvalue weighted by Gasteiger charge is -2.16. The second-order valence-corrected chi connectivity index (χ2v) is 5.75. The molecule has 126 valence electrons. The van der Waals surface area contributed by atoms with Gasteiger partial charge in [0, 0.05) is 12.6 Å². The molecule has 0 bridgehead atoms. The van der Waals surface area contributed by atoms with E-state index in [1.807, 2.05) is 26.8 Å². The third-order valence-electron chi connectivity index (χ3n) is 3.31. The van der Waals surface area contributed by atoms with Crippen LogP contribution in [-0.2, 0) is 4.79 Å². The van der Waals surface area contributed by atoms with Gasteiger partial charge in [0.15, 0.2) is 6.61 Å². The monoisotopic (exact) mass is 328 g/mol. The van der Waals surface area contributed by atoms with Gasteiger partial charge in [-0.25, -0.2) is 0 Å². The topological polar surface area (TPSA) is 50.4 Å². The Morgan fingerprint density at radius 2 is 1.95 bits per heavy atom. The van der Waals surface area contributed by atoms with Crippen LogP contribution in [0.5, 0.6) is 5.75 Å². The first-order valence-electron chi connectivity index (χ1n) is 7.67. The number of carbonyl (C=O) groups excluding carboxylic acids is 1. The molecule has 1 rings (SSSR count). The van der Waals surface area contributed by atoms with Gasteiger partial charge in [0.05, 0.1) is 0 Å². The molecule has 0 fully saturated rings. The maximum absolute atomic E-state index is 11.8. The van der Waals surface area contributed by atoms with E-state index in [1.54, 1.807) is 0 Å². The maximum atomic E-state index is 11.8. The molecule has 0 saturated heterocycles. The molecule has 0 unspecified atom stereocenters. The average molecular weight is 329 g/mol. The van der Waals surface area contributed by atoms with Gasteiger partial charge in [0.2, 0.25) is 0 Å². The van der Waals surface area contributed by atoms with Gasteiger partial charge in [-0.2, -0.15) is 0 Å². The van der Waals surface area contributed by atoms with Gasteiger partial charge in [-0.1, -0.05) is 32.9 Å². The van der Waals surface area contributed by atoms with Crippen LogP contribution in [0.2, 0.25) is 0 Å². The van der Waals surface area contributed by atoms with E-state index in [1.165, 1.54) is 0 Å². The van der Waals surface area contributed by atoms with Gasteiger partial charge >= 0.3 is 0 Å². The van der Waals surface area contributed by atoms with Crippen LogP contribution in [0.4, 0.5) is 0 Å². The van der Waals surface area contributed by atoms with Crippen LogP contribution in [0, 0.1) is 6.92 Å². The number of hydrogen-bond donors (Lipinski definition) is 2. The van der Waals surface area contributed by atoms with E-state index >= 15 is 0 Å². The molecule has 22 heavy (non-hydrogen) atoms. The summed E-state index contributed by atoms with van der Waals surface area (Å²) in [6, 6.07) is 6.40. The van der Waals surface area contributed by atoms with E-state index in [0.717, 1.165) is 23.4 Å². The summed E-state index contributed by atoms with van der Waals surface area (Å²) in [4.78, 5) is 11.8. The Bertz CT molecular complexity index is 464. The van der Waals surface area contributed by atoms with Crippen molar-refractivity contribution in [3.05, 3.63) is 29.3 Å². The lowest BCUT2D eigenvalue weighted by Crippen LogP contribution is -2.40. The molecule has 5 heteroatoms. The number of ether oxygens (including phenoxy) is 1. The van der Waals surface area contributed by atoms with Crippen LogP contribution in [0.25, 0.3) is 0 Å². The summed E-state index contributed by atoms with van der Waals surface area (Å²) < 4.78 is 5.70. The van der Waals surface area contributed by atoms with Crippen molar-refractivity contribution in [1.82, 2.24) is 10.6 Å². The summed E-state index contributed by atoms with van der Waals surface area (Å²) in [5, 5.41) is 6.12. The zero-order valence-electron chi connectivity index (χ0n) is 14.2. The zero-order valence-corrected chi connectivity index (χ0v) is 15.0. The molecule has 0 saturated carbocycles. The van der Waals surface area contributed by atoms with Crippen molar-refractivity contribution in [3.63, 3.8) is 0 Å². The Kier molecular flexibility index (Phi) is 9.86. The first kappa shape index (κ1) is 20.7. The van der Waals surface area contributed by atoms with Crippen LogP contribution >= 0.6 is 12.4 Å². The van der Waals surface area contributed by atoms with Gasteiger partial charge in [-0.05, 0) is 43.5 Å². The number of rotatable bonds is 8. The van der Waals surface area contributed by atoms with E-state index in [2.05, 4.69) is 36.6 Å². The number of likely N-dealkylation sites (N-methyl/N-ethyl adjacent to an activating group) is 1. The van der Waals surface area contributed by atoms with Gasteiger partial charge in [-0.15, -0.1) is 12.4 Å². The summed E-state index contributed by atoms with van der Waals surface area (Å²) in [5.74, 6) is 1.09. The number of hydrogen-bond acceptors (Lipinski definition) is 3. The molecule has 0 aromatic heterocycles. The van der Waals surface area contributed by atoms with Crippen molar-refractivity contribution in [1.29, 1.82) is 0 Å². The molecule has 0 aliphatic heterocycles. The van der Waals surface area contributed by atoms with Crippen LogP contribution in [-0.4, -0.2) is 31.6 Å². The maximum Gasteiger partial charge on any atom is 0.257 e. The molecule has 2 N–H and O–H groups in total. The predicted octanol–water partition coefficient (Wildman–Crippen LogP) is 3.03. The third kappa shape index (κ3) is 7.14. The average Bonchev–Trinajstić information content (AvgIpc) is 2.43. The molecule has 1 aromatic rings. The minimum atomic E-state index is -0.0871. The number of nitrogens with one attached hydrogen (secondary N) is 2. The van der Waals surface area contributed by atoms with Gasteiger partial charge < -0.3 is 15.4 Å². The standard InChI is InChI=1S/C17H28N2O2.ClH/c1-6-18-14(5)10-19-17(20)11-21-16-9-13(4)7-8-15(16)12(2)3;/h7-9,12,14,18H,6,10-11H2,1-5H3,(H,19,20);1H/t14-;/m1./s1. The number of amides is 1. The molecule has 1 aromatic carbocycles. The molecule has 4 nitrogen and oxygen atoms in total. The summed E-state index contributed by atoms with van der Waals surface area (Å²) in [7, 11) is 0. The highest BCUT2D eigenvalue weighted by molar-refractivity contribution is 5.85. The fourth-order valence-electron chi connectivity index (χ4n) is 2.13. The van der Waals surface area contributed by atoms with E-state index in [9.17, 15) is 4.79 Å². The van der Waals surface area contributed by atoms with Crippen molar-refractivity contribution >= 4 is 18.3 Å². The molecule has 1 amide bonds. The summed E-state index contributed by atoms with van der Waals surface area (Å²) >= 11 is 0. The van der Waals surface area contributed by atoms with Crippen LogP contribution in [0.3, 0.4) is 0 Å². The van der Waals surface area contributed by atoms with Gasteiger partial charge in [0.1, 0.15) is 5.75 Å². The Balaban J connectivity index is 0.00000441. The minimum Gasteiger partial charge on any atom is -0.483 e. The van der Waals surface area contributed by atoms with E-state index < -0.39 is 0 Å². The highest BCUT2D eigenvalue weighted by Crippen LogP contribution is 2.27. The SMILES string of the molecule is CCN[C@H](C)CNC(=O)COc1cc(C)ccc1C(C)C.Cl. The normalized spacial score (nSPS) is 11.7. The highest BCUT2D eigenvalue weighted by Gasteiger charge is 2.10. The Morgan fingerprint density at radius 1 is 1.27 bits per heavy atom. The number of carbonyl (C=O) groups is 1. The quantitative estimate of drug-likeness (QED) is 0.771. The summed E-state index contributed by atoms with van der Waals surface area (Å²) in [6.45, 7) is 11.9. The first-order valence-corrected chi connectivity index (χ1v) is 7.67. The van der Waals surface area contributed by atoms with E-state index in [4.69, 9.17) is 4.74 Å². The van der Waals surface area contributed by atoms with Crippen molar-refractivity contribution in [2.24, 2.45) is 0 Å². The number of aryl methyl sites for hydroxylation is 1. The highest BCUT2D eigenvalue weighted by atomic mass is 35.5. The lowest BCUT2D eigenvalue weighted by atomic mass is 10.0. The lowest BCUT2D eigenvalue weighted by molar-refractivity contribution is -0.123. The molecule has 0 spiro atoms. The Labute approximate surface area is 140 Å². The first-order chi connectivity index (χ1) is 9.93. The summed E-state index contributed by atoms with van der Waals surface area (Å²) in [5.41, 5.74) is 2.27. The van der Waals surface area contributed by atoms with Crippen LogP contribution in [0.15, 0.2) is 18.2 Å². The Hall–Kier alpha value is -1.26. The van der Waals surface area contributed by atoms with Gasteiger partial charge in [-0.3, -0.25) is 4.79 Å². The number of benzene rings is 1. The van der Waals surface area contributed by atoms with Crippen molar-refractivity contribution in [2.45, 2.75) is 46.6 Å².